The molecule has 2 unspecified atom stereocenters. The van der Waals surface area contributed by atoms with Crippen LogP contribution in [0.15, 0.2) is 66.7 Å². The molecule has 0 aliphatic heterocycles. The van der Waals surface area contributed by atoms with Crippen LogP contribution in [0.1, 0.15) is 76.1 Å². The van der Waals surface area contributed by atoms with Gasteiger partial charge in [0.15, 0.2) is 0 Å². The minimum absolute atomic E-state index is 0. The molecule has 0 saturated carbocycles. The van der Waals surface area contributed by atoms with Crippen molar-refractivity contribution in [2.24, 2.45) is 11.3 Å². The molecule has 1 aliphatic carbocycles. The van der Waals surface area contributed by atoms with Crippen LogP contribution in [-0.2, 0) is 12.8 Å². The van der Waals surface area contributed by atoms with Crippen molar-refractivity contribution in [3.63, 3.8) is 0 Å². The van der Waals surface area contributed by atoms with E-state index in [0.717, 1.165) is 42.9 Å². The van der Waals surface area contributed by atoms with Gasteiger partial charge in [0.05, 0.1) is 20.8 Å². The predicted octanol–water partition coefficient (Wildman–Crippen LogP) is 9.25. The monoisotopic (exact) mass is 580 g/mol. The van der Waals surface area contributed by atoms with E-state index in [4.69, 9.17) is 14.2 Å². The van der Waals surface area contributed by atoms with E-state index >= 15 is 0 Å². The van der Waals surface area contributed by atoms with Crippen molar-refractivity contribution in [2.45, 2.75) is 71.0 Å². The molecule has 0 radical (unpaired) electrons. The Balaban J connectivity index is 0.00000400. The summed E-state index contributed by atoms with van der Waals surface area (Å²) < 4.78 is 17.6. The summed E-state index contributed by atoms with van der Waals surface area (Å²) in [6.07, 6.45) is 4.24. The van der Waals surface area contributed by atoms with Gasteiger partial charge in [-0.25, -0.2) is 0 Å². The molecule has 4 heteroatoms. The molecular formula is C34H45BrO3. The van der Waals surface area contributed by atoms with Crippen molar-refractivity contribution < 1.29 is 14.2 Å². The molecule has 4 rings (SSSR count). The lowest BCUT2D eigenvalue weighted by molar-refractivity contribution is 0.160. The Morgan fingerprint density at radius 2 is 1.53 bits per heavy atom. The molecule has 0 spiro atoms. The Morgan fingerprint density at radius 3 is 2.24 bits per heavy atom. The third-order valence-corrected chi connectivity index (χ3v) is 7.60. The molecule has 0 saturated heterocycles. The van der Waals surface area contributed by atoms with Gasteiger partial charge < -0.3 is 14.2 Å². The highest BCUT2D eigenvalue weighted by atomic mass is 79.9. The first-order valence-electron chi connectivity index (χ1n) is 13.3. The molecule has 1 aliphatic rings. The van der Waals surface area contributed by atoms with E-state index in [-0.39, 0.29) is 23.1 Å². The second-order valence-electron chi connectivity index (χ2n) is 11.8. The SMILES string of the molecule is C.COc1cccc(CC2CCc3ccc(OC)cc3C2c2cccc(OCC(C)(C)CC(C)(C)Br)c2)c1. The summed E-state index contributed by atoms with van der Waals surface area (Å²) in [7, 11) is 3.48. The molecule has 0 aromatic heterocycles. The Kier molecular flexibility index (Phi) is 9.97. The van der Waals surface area contributed by atoms with Crippen LogP contribution < -0.4 is 14.2 Å². The Labute approximate surface area is 239 Å². The molecule has 0 N–H and O–H groups in total. The maximum atomic E-state index is 6.40. The molecule has 0 fully saturated rings. The number of aryl methyl sites for hydroxylation is 1. The maximum absolute atomic E-state index is 6.40. The minimum Gasteiger partial charge on any atom is -0.497 e. The molecule has 38 heavy (non-hydrogen) atoms. The van der Waals surface area contributed by atoms with Crippen molar-refractivity contribution >= 4 is 15.9 Å². The smallest absolute Gasteiger partial charge is 0.119 e. The van der Waals surface area contributed by atoms with Crippen LogP contribution in [0.2, 0.25) is 0 Å². The van der Waals surface area contributed by atoms with Gasteiger partial charge in [-0.1, -0.05) is 81.4 Å². The number of fused-ring (bicyclic) bond motifs is 1. The van der Waals surface area contributed by atoms with Gasteiger partial charge >= 0.3 is 0 Å². The minimum atomic E-state index is 0. The van der Waals surface area contributed by atoms with Crippen molar-refractivity contribution in [1.82, 2.24) is 0 Å². The zero-order valence-corrected chi connectivity index (χ0v) is 24.7. The highest BCUT2D eigenvalue weighted by Gasteiger charge is 2.32. The average molecular weight is 582 g/mol. The summed E-state index contributed by atoms with van der Waals surface area (Å²) in [5.41, 5.74) is 5.46. The first-order chi connectivity index (χ1) is 17.6. The summed E-state index contributed by atoms with van der Waals surface area (Å²) in [5, 5.41) is 0. The molecule has 3 aromatic carbocycles. The lowest BCUT2D eigenvalue weighted by atomic mass is 9.70. The highest BCUT2D eigenvalue weighted by molar-refractivity contribution is 9.10. The first-order valence-corrected chi connectivity index (χ1v) is 14.1. The van der Waals surface area contributed by atoms with Gasteiger partial charge in [0.2, 0.25) is 0 Å². The second kappa shape index (κ2) is 12.6. The van der Waals surface area contributed by atoms with Gasteiger partial charge in [0, 0.05) is 15.7 Å². The van der Waals surface area contributed by atoms with Crippen LogP contribution in [0, 0.1) is 11.3 Å². The number of halogens is 1. The molecule has 206 valence electrons. The van der Waals surface area contributed by atoms with Gasteiger partial charge in [0.1, 0.15) is 17.2 Å². The van der Waals surface area contributed by atoms with Gasteiger partial charge in [-0.3, -0.25) is 0 Å². The van der Waals surface area contributed by atoms with E-state index in [1.54, 1.807) is 14.2 Å². The van der Waals surface area contributed by atoms with Gasteiger partial charge in [0.25, 0.3) is 0 Å². The summed E-state index contributed by atoms with van der Waals surface area (Å²) in [6.45, 7) is 9.65. The Morgan fingerprint density at radius 1 is 0.842 bits per heavy atom. The third kappa shape index (κ3) is 7.79. The molecule has 2 atom stereocenters. The lowest BCUT2D eigenvalue weighted by Gasteiger charge is -2.35. The van der Waals surface area contributed by atoms with E-state index in [1.165, 1.54) is 22.3 Å². The molecule has 3 nitrogen and oxygen atoms in total. The molecule has 3 aromatic rings. The van der Waals surface area contributed by atoms with Crippen molar-refractivity contribution in [3.8, 4) is 17.2 Å². The van der Waals surface area contributed by atoms with Crippen molar-refractivity contribution in [1.29, 1.82) is 0 Å². The molecule has 0 amide bonds. The average Bonchev–Trinajstić information content (AvgIpc) is 2.86. The molecule has 0 heterocycles. The summed E-state index contributed by atoms with van der Waals surface area (Å²) in [5.74, 6) is 3.50. The predicted molar refractivity (Wildman–Crippen MR) is 163 cm³/mol. The van der Waals surface area contributed by atoms with Crippen LogP contribution in [-0.4, -0.2) is 25.2 Å². The fraction of sp³-hybridized carbons (Fsp3) is 0.471. The van der Waals surface area contributed by atoms with Crippen LogP contribution >= 0.6 is 15.9 Å². The highest BCUT2D eigenvalue weighted by Crippen LogP contribution is 2.44. The topological polar surface area (TPSA) is 27.7 Å². The largest absolute Gasteiger partial charge is 0.497 e. The third-order valence-electron chi connectivity index (χ3n) is 7.32. The number of hydrogen-bond donors (Lipinski definition) is 0. The number of alkyl halides is 1. The first kappa shape index (κ1) is 30.1. The fourth-order valence-electron chi connectivity index (χ4n) is 6.02. The molecular weight excluding hydrogens is 536 g/mol. The number of benzene rings is 3. The number of rotatable bonds is 10. The van der Waals surface area contributed by atoms with E-state index < -0.39 is 0 Å². The number of ether oxygens (including phenoxy) is 3. The zero-order valence-electron chi connectivity index (χ0n) is 23.1. The fourth-order valence-corrected chi connectivity index (χ4v) is 6.78. The number of methoxy groups -OCH3 is 2. The molecule has 0 bridgehead atoms. The van der Waals surface area contributed by atoms with Crippen molar-refractivity contribution in [2.75, 3.05) is 20.8 Å². The van der Waals surface area contributed by atoms with Crippen LogP contribution in [0.5, 0.6) is 17.2 Å². The van der Waals surface area contributed by atoms with Crippen LogP contribution in [0.4, 0.5) is 0 Å². The van der Waals surface area contributed by atoms with Crippen LogP contribution in [0.3, 0.4) is 0 Å². The van der Waals surface area contributed by atoms with Gasteiger partial charge in [-0.15, -0.1) is 0 Å². The normalized spacial score (nSPS) is 17.2. The second-order valence-corrected chi connectivity index (χ2v) is 14.0. The Hall–Kier alpha value is -2.46. The summed E-state index contributed by atoms with van der Waals surface area (Å²) in [4.78, 5) is 0. The van der Waals surface area contributed by atoms with E-state index in [2.05, 4.69) is 104 Å². The summed E-state index contributed by atoms with van der Waals surface area (Å²) >= 11 is 3.80. The van der Waals surface area contributed by atoms with Gasteiger partial charge in [-0.2, -0.15) is 0 Å². The summed E-state index contributed by atoms with van der Waals surface area (Å²) in [6, 6.07) is 23.8. The standard InChI is InChI=1S/C33H41BrO3.CH4/c1-32(2,21-33(3,4)34)22-37-29-12-8-10-25(19-29)31-26(17-23-9-7-11-27(18-23)35-5)14-13-24-15-16-28(36-6)20-30(24)31;/h7-12,15-16,18-20,26,31H,13-14,17,21-22H2,1-6H3;1H4. The van der Waals surface area contributed by atoms with E-state index in [1.807, 2.05) is 6.07 Å². The van der Waals surface area contributed by atoms with E-state index in [9.17, 15) is 0 Å². The van der Waals surface area contributed by atoms with E-state index in [0.29, 0.717) is 12.5 Å². The number of hydrogen-bond acceptors (Lipinski definition) is 3. The maximum Gasteiger partial charge on any atom is 0.119 e. The zero-order chi connectivity index (χ0) is 26.6. The lowest BCUT2D eigenvalue weighted by Crippen LogP contribution is -2.29. The van der Waals surface area contributed by atoms with Crippen LogP contribution in [0.25, 0.3) is 0 Å². The Bertz CT molecular complexity index is 1190. The van der Waals surface area contributed by atoms with Gasteiger partial charge in [-0.05, 0) is 90.3 Å². The quantitative estimate of drug-likeness (QED) is 0.223. The van der Waals surface area contributed by atoms with Crippen molar-refractivity contribution in [3.05, 3.63) is 89.0 Å².